The number of aromatic nitrogens is 3. The Morgan fingerprint density at radius 2 is 2.44 bits per heavy atom. The molecule has 25 heavy (non-hydrogen) atoms. The minimum atomic E-state index is -0.356. The van der Waals surface area contributed by atoms with Crippen molar-refractivity contribution in [1.82, 2.24) is 20.1 Å². The molecule has 1 amide bonds. The number of benzene rings is 1. The third kappa shape index (κ3) is 4.93. The van der Waals surface area contributed by atoms with Crippen molar-refractivity contribution in [2.45, 2.75) is 23.7 Å². The smallest absolute Gasteiger partial charge is 0.230 e. The number of hydrogen-bond donors (Lipinski definition) is 1. The molecule has 0 unspecified atom stereocenters. The molecule has 2 heterocycles. The largest absolute Gasteiger partial charge is 0.488 e. The van der Waals surface area contributed by atoms with Crippen molar-refractivity contribution in [2.24, 2.45) is 7.05 Å². The maximum absolute atomic E-state index is 13.3. The molecule has 7 nitrogen and oxygen atoms in total. The lowest BCUT2D eigenvalue weighted by atomic mass is 10.1. The van der Waals surface area contributed by atoms with E-state index in [-0.39, 0.29) is 29.6 Å². The second kappa shape index (κ2) is 8.30. The van der Waals surface area contributed by atoms with Crippen molar-refractivity contribution in [2.75, 3.05) is 19.0 Å². The van der Waals surface area contributed by atoms with Crippen molar-refractivity contribution in [3.05, 3.63) is 36.4 Å². The van der Waals surface area contributed by atoms with Crippen molar-refractivity contribution in [3.63, 3.8) is 0 Å². The first-order valence-electron chi connectivity index (χ1n) is 7.88. The molecule has 9 heteroatoms. The lowest BCUT2D eigenvalue weighted by Crippen LogP contribution is -2.52. The van der Waals surface area contributed by atoms with Gasteiger partial charge in [0.25, 0.3) is 0 Å². The van der Waals surface area contributed by atoms with Crippen LogP contribution in [0, 0.1) is 5.82 Å². The van der Waals surface area contributed by atoms with Gasteiger partial charge in [-0.05, 0) is 12.1 Å². The predicted molar refractivity (Wildman–Crippen MR) is 89.9 cm³/mol. The number of nitrogens with one attached hydrogen (secondary N) is 1. The van der Waals surface area contributed by atoms with Crippen LogP contribution >= 0.6 is 11.8 Å². The third-order valence-corrected chi connectivity index (χ3v) is 4.76. The molecule has 1 fully saturated rings. The number of amides is 1. The molecule has 0 saturated carbocycles. The van der Waals surface area contributed by atoms with Crippen LogP contribution in [0.15, 0.2) is 35.7 Å². The summed E-state index contributed by atoms with van der Waals surface area (Å²) in [4.78, 5) is 12.2. The zero-order valence-corrected chi connectivity index (χ0v) is 14.5. The quantitative estimate of drug-likeness (QED) is 0.779. The molecule has 1 aromatic heterocycles. The fourth-order valence-corrected chi connectivity index (χ4v) is 3.19. The summed E-state index contributed by atoms with van der Waals surface area (Å²) in [5.74, 6) is 0.164. The average Bonchev–Trinajstić information content (AvgIpc) is 3.00. The average molecular weight is 366 g/mol. The van der Waals surface area contributed by atoms with Crippen molar-refractivity contribution in [3.8, 4) is 5.75 Å². The highest BCUT2D eigenvalue weighted by Crippen LogP contribution is 2.20. The Morgan fingerprint density at radius 3 is 3.20 bits per heavy atom. The van der Waals surface area contributed by atoms with Gasteiger partial charge in [-0.3, -0.25) is 4.79 Å². The van der Waals surface area contributed by atoms with Crippen LogP contribution in [0.3, 0.4) is 0 Å². The van der Waals surface area contributed by atoms with E-state index in [1.807, 2.05) is 7.05 Å². The zero-order valence-electron chi connectivity index (χ0n) is 13.7. The number of rotatable bonds is 6. The second-order valence-corrected chi connectivity index (χ2v) is 6.61. The number of hydrogen-bond acceptors (Lipinski definition) is 6. The fourth-order valence-electron chi connectivity index (χ4n) is 2.49. The van der Waals surface area contributed by atoms with Gasteiger partial charge in [0.15, 0.2) is 5.16 Å². The molecule has 0 bridgehead atoms. The van der Waals surface area contributed by atoms with E-state index in [2.05, 4.69) is 15.5 Å². The summed E-state index contributed by atoms with van der Waals surface area (Å²) < 4.78 is 26.3. The van der Waals surface area contributed by atoms with Crippen LogP contribution in [-0.4, -0.2) is 51.8 Å². The highest BCUT2D eigenvalue weighted by molar-refractivity contribution is 7.99. The Balaban J connectivity index is 1.55. The molecule has 1 N–H and O–H groups in total. The Kier molecular flexibility index (Phi) is 5.87. The number of carbonyl (C=O) groups excluding carboxylic acids is 1. The number of aryl methyl sites for hydroxylation is 1. The number of carbonyl (C=O) groups is 1. The number of nitrogens with zero attached hydrogens (tertiary/aromatic N) is 3. The van der Waals surface area contributed by atoms with E-state index in [1.54, 1.807) is 23.0 Å². The summed E-state index contributed by atoms with van der Waals surface area (Å²) in [6.45, 7) is 0.903. The van der Waals surface area contributed by atoms with E-state index in [0.29, 0.717) is 30.5 Å². The lowest BCUT2D eigenvalue weighted by Gasteiger charge is -2.32. The summed E-state index contributed by atoms with van der Waals surface area (Å²) in [6, 6.07) is 5.69. The first-order chi connectivity index (χ1) is 12.1. The molecule has 2 atom stereocenters. The van der Waals surface area contributed by atoms with Gasteiger partial charge in [-0.25, -0.2) is 4.39 Å². The monoisotopic (exact) mass is 366 g/mol. The maximum atomic E-state index is 13.3. The molecular weight excluding hydrogens is 347 g/mol. The summed E-state index contributed by atoms with van der Waals surface area (Å²) >= 11 is 1.30. The van der Waals surface area contributed by atoms with E-state index in [9.17, 15) is 9.18 Å². The maximum Gasteiger partial charge on any atom is 0.230 e. The van der Waals surface area contributed by atoms with Crippen LogP contribution in [0.5, 0.6) is 5.75 Å². The molecule has 1 saturated heterocycles. The molecule has 3 rings (SSSR count). The Labute approximate surface area is 148 Å². The third-order valence-electron chi connectivity index (χ3n) is 3.73. The van der Waals surface area contributed by atoms with Gasteiger partial charge in [0.05, 0.1) is 25.0 Å². The van der Waals surface area contributed by atoms with Crippen LogP contribution in [-0.2, 0) is 16.6 Å². The molecule has 2 aromatic rings. The van der Waals surface area contributed by atoms with Gasteiger partial charge in [-0.15, -0.1) is 10.2 Å². The predicted octanol–water partition coefficient (Wildman–Crippen LogP) is 1.40. The first-order valence-corrected chi connectivity index (χ1v) is 8.86. The van der Waals surface area contributed by atoms with Crippen LogP contribution in [0.4, 0.5) is 4.39 Å². The molecule has 0 spiro atoms. The van der Waals surface area contributed by atoms with E-state index in [0.717, 1.165) is 0 Å². The van der Waals surface area contributed by atoms with Gasteiger partial charge in [-0.1, -0.05) is 17.8 Å². The SMILES string of the molecule is Cn1cnnc1SCC(=O)N[C@@H]1COCC[C@@H]1Oc1cccc(F)c1. The van der Waals surface area contributed by atoms with Crippen molar-refractivity contribution >= 4 is 17.7 Å². The number of ether oxygens (including phenoxy) is 2. The molecule has 0 radical (unpaired) electrons. The molecule has 1 aliphatic rings. The molecular formula is C16H19FN4O3S. The number of thioether (sulfide) groups is 1. The Hall–Kier alpha value is -2.13. The molecule has 0 aliphatic carbocycles. The molecule has 1 aliphatic heterocycles. The molecule has 134 valence electrons. The summed E-state index contributed by atoms with van der Waals surface area (Å²) in [7, 11) is 1.82. The second-order valence-electron chi connectivity index (χ2n) is 5.66. The normalized spacial score (nSPS) is 20.2. The summed E-state index contributed by atoms with van der Waals surface area (Å²) in [6.07, 6.45) is 1.94. The lowest BCUT2D eigenvalue weighted by molar-refractivity contribution is -0.121. The standard InChI is InChI=1S/C16H19FN4O3S/c1-21-10-18-20-16(21)25-9-15(22)19-13-8-23-6-5-14(13)24-12-4-2-3-11(17)7-12/h2-4,7,10,13-14H,5-6,8-9H2,1H3,(H,19,22)/t13-,14+/m1/s1. The van der Waals surface area contributed by atoms with Gasteiger partial charge in [-0.2, -0.15) is 0 Å². The Morgan fingerprint density at radius 1 is 1.56 bits per heavy atom. The van der Waals surface area contributed by atoms with Crippen LogP contribution < -0.4 is 10.1 Å². The Bertz CT molecular complexity index is 727. The van der Waals surface area contributed by atoms with Crippen molar-refractivity contribution in [1.29, 1.82) is 0 Å². The minimum Gasteiger partial charge on any atom is -0.488 e. The summed E-state index contributed by atoms with van der Waals surface area (Å²) in [5.41, 5.74) is 0. The van der Waals surface area contributed by atoms with E-state index in [1.165, 1.54) is 23.9 Å². The van der Waals surface area contributed by atoms with Gasteiger partial charge in [0.1, 0.15) is 24.0 Å². The minimum absolute atomic E-state index is 0.142. The van der Waals surface area contributed by atoms with Gasteiger partial charge in [0.2, 0.25) is 5.91 Å². The first kappa shape index (κ1) is 17.7. The highest BCUT2D eigenvalue weighted by Gasteiger charge is 2.29. The van der Waals surface area contributed by atoms with E-state index >= 15 is 0 Å². The number of halogens is 1. The topological polar surface area (TPSA) is 78.3 Å². The van der Waals surface area contributed by atoms with Gasteiger partial charge < -0.3 is 19.4 Å². The summed E-state index contributed by atoms with van der Waals surface area (Å²) in [5, 5.41) is 11.3. The zero-order chi connectivity index (χ0) is 17.6. The van der Waals surface area contributed by atoms with Gasteiger partial charge >= 0.3 is 0 Å². The van der Waals surface area contributed by atoms with Gasteiger partial charge in [0, 0.05) is 19.5 Å². The molecule has 1 aromatic carbocycles. The van der Waals surface area contributed by atoms with Crippen LogP contribution in [0.1, 0.15) is 6.42 Å². The highest BCUT2D eigenvalue weighted by atomic mass is 32.2. The van der Waals surface area contributed by atoms with Crippen LogP contribution in [0.2, 0.25) is 0 Å². The van der Waals surface area contributed by atoms with Crippen molar-refractivity contribution < 1.29 is 18.7 Å². The van der Waals surface area contributed by atoms with Crippen LogP contribution in [0.25, 0.3) is 0 Å². The fraction of sp³-hybridized carbons (Fsp3) is 0.438. The van der Waals surface area contributed by atoms with E-state index in [4.69, 9.17) is 9.47 Å². The van der Waals surface area contributed by atoms with E-state index < -0.39 is 0 Å².